The average molecular weight is 333 g/mol. The van der Waals surface area contributed by atoms with Crippen molar-refractivity contribution in [2.75, 3.05) is 11.5 Å². The first-order chi connectivity index (χ1) is 11.1. The number of carboxylic acids is 1. The van der Waals surface area contributed by atoms with Gasteiger partial charge in [-0.3, -0.25) is 4.79 Å². The second kappa shape index (κ2) is 6.95. The highest BCUT2D eigenvalue weighted by Crippen LogP contribution is 2.33. The SMILES string of the molecule is O=C(NC1(C(=O)O)CCSC1)c1ccc(C2CCCCC2)cc1. The minimum atomic E-state index is -1.11. The van der Waals surface area contributed by atoms with E-state index in [0.29, 0.717) is 23.7 Å². The molecule has 0 aromatic heterocycles. The Kier molecular flexibility index (Phi) is 4.95. The van der Waals surface area contributed by atoms with Crippen molar-refractivity contribution in [2.45, 2.75) is 50.0 Å². The Bertz CT molecular complexity index is 572. The summed E-state index contributed by atoms with van der Waals surface area (Å²) in [5, 5.41) is 12.2. The summed E-state index contributed by atoms with van der Waals surface area (Å²) in [6.45, 7) is 0. The number of rotatable bonds is 4. The number of carbonyl (C=O) groups is 2. The van der Waals surface area contributed by atoms with Crippen molar-refractivity contribution in [1.29, 1.82) is 0 Å². The number of carbonyl (C=O) groups excluding carboxylic acids is 1. The topological polar surface area (TPSA) is 66.4 Å². The van der Waals surface area contributed by atoms with Gasteiger partial charge in [0.25, 0.3) is 5.91 Å². The maximum absolute atomic E-state index is 12.4. The fourth-order valence-electron chi connectivity index (χ4n) is 3.52. The normalized spacial score (nSPS) is 25.2. The summed E-state index contributed by atoms with van der Waals surface area (Å²) in [7, 11) is 0. The van der Waals surface area contributed by atoms with Gasteiger partial charge in [-0.05, 0) is 48.6 Å². The van der Waals surface area contributed by atoms with Crippen molar-refractivity contribution in [3.8, 4) is 0 Å². The van der Waals surface area contributed by atoms with Crippen molar-refractivity contribution in [3.63, 3.8) is 0 Å². The van der Waals surface area contributed by atoms with E-state index in [0.717, 1.165) is 5.75 Å². The monoisotopic (exact) mass is 333 g/mol. The van der Waals surface area contributed by atoms with Crippen LogP contribution < -0.4 is 5.32 Å². The van der Waals surface area contributed by atoms with Gasteiger partial charge in [-0.25, -0.2) is 4.79 Å². The first-order valence-electron chi connectivity index (χ1n) is 8.34. The van der Waals surface area contributed by atoms with Crippen LogP contribution in [0.3, 0.4) is 0 Å². The van der Waals surface area contributed by atoms with Gasteiger partial charge in [0, 0.05) is 11.3 Å². The molecule has 1 heterocycles. The van der Waals surface area contributed by atoms with Gasteiger partial charge in [0.1, 0.15) is 5.54 Å². The molecule has 2 aliphatic rings. The largest absolute Gasteiger partial charge is 0.479 e. The third kappa shape index (κ3) is 3.55. The van der Waals surface area contributed by atoms with Crippen molar-refractivity contribution >= 4 is 23.6 Å². The highest BCUT2D eigenvalue weighted by atomic mass is 32.2. The van der Waals surface area contributed by atoms with Crippen LogP contribution in [0.2, 0.25) is 0 Å². The van der Waals surface area contributed by atoms with E-state index in [1.807, 2.05) is 24.3 Å². The Morgan fingerprint density at radius 3 is 2.39 bits per heavy atom. The summed E-state index contributed by atoms with van der Waals surface area (Å²) in [6, 6.07) is 7.72. The third-order valence-electron chi connectivity index (χ3n) is 5.03. The van der Waals surface area contributed by atoms with Crippen molar-refractivity contribution in [2.24, 2.45) is 0 Å². The molecule has 1 unspecified atom stereocenters. The predicted octanol–water partition coefficient (Wildman–Crippen LogP) is 3.42. The predicted molar refractivity (Wildman–Crippen MR) is 92.0 cm³/mol. The fraction of sp³-hybridized carbons (Fsp3) is 0.556. The second-order valence-electron chi connectivity index (χ2n) is 6.60. The van der Waals surface area contributed by atoms with Gasteiger partial charge in [0.15, 0.2) is 0 Å². The molecule has 1 saturated heterocycles. The quantitative estimate of drug-likeness (QED) is 0.886. The van der Waals surface area contributed by atoms with E-state index >= 15 is 0 Å². The van der Waals surface area contributed by atoms with E-state index in [1.165, 1.54) is 37.7 Å². The number of nitrogens with one attached hydrogen (secondary N) is 1. The van der Waals surface area contributed by atoms with Crippen LogP contribution in [-0.2, 0) is 4.79 Å². The minimum absolute atomic E-state index is 0.287. The van der Waals surface area contributed by atoms with Crippen molar-refractivity contribution in [1.82, 2.24) is 5.32 Å². The standard InChI is InChI=1S/C18H23NO3S/c20-16(19-18(17(21)22)10-11-23-12-18)15-8-6-14(7-9-15)13-4-2-1-3-5-13/h6-9,13H,1-5,10-12H2,(H,19,20)(H,21,22). The van der Waals surface area contributed by atoms with Crippen LogP contribution in [0.5, 0.6) is 0 Å². The Balaban J connectivity index is 1.69. The molecule has 3 rings (SSSR count). The number of hydrogen-bond acceptors (Lipinski definition) is 3. The summed E-state index contributed by atoms with van der Waals surface area (Å²) in [6.07, 6.45) is 6.83. The molecule has 1 aromatic carbocycles. The lowest BCUT2D eigenvalue weighted by atomic mass is 9.84. The Morgan fingerprint density at radius 1 is 1.13 bits per heavy atom. The zero-order chi connectivity index (χ0) is 16.3. The van der Waals surface area contributed by atoms with Crippen molar-refractivity contribution < 1.29 is 14.7 Å². The summed E-state index contributed by atoms with van der Waals surface area (Å²) in [5.74, 6) is 0.596. The van der Waals surface area contributed by atoms with Crippen LogP contribution >= 0.6 is 11.8 Å². The van der Waals surface area contributed by atoms with E-state index in [9.17, 15) is 14.7 Å². The molecule has 124 valence electrons. The number of aliphatic carboxylic acids is 1. The lowest BCUT2D eigenvalue weighted by Crippen LogP contribution is -2.54. The molecule has 1 saturated carbocycles. The van der Waals surface area contributed by atoms with Crippen LogP contribution in [0.4, 0.5) is 0 Å². The molecule has 1 aliphatic carbocycles. The molecule has 1 aromatic rings. The highest BCUT2D eigenvalue weighted by molar-refractivity contribution is 7.99. The highest BCUT2D eigenvalue weighted by Gasteiger charge is 2.43. The van der Waals surface area contributed by atoms with Crippen LogP contribution in [0.1, 0.15) is 60.4 Å². The van der Waals surface area contributed by atoms with E-state index in [-0.39, 0.29) is 5.91 Å². The van der Waals surface area contributed by atoms with Crippen LogP contribution in [0, 0.1) is 0 Å². The van der Waals surface area contributed by atoms with E-state index in [2.05, 4.69) is 5.32 Å². The molecule has 1 aliphatic heterocycles. The lowest BCUT2D eigenvalue weighted by molar-refractivity contribution is -0.143. The third-order valence-corrected chi connectivity index (χ3v) is 6.22. The fourth-order valence-corrected chi connectivity index (χ4v) is 4.84. The maximum Gasteiger partial charge on any atom is 0.330 e. The summed E-state index contributed by atoms with van der Waals surface area (Å²) >= 11 is 1.57. The number of carboxylic acid groups (broad SMARTS) is 1. The first-order valence-corrected chi connectivity index (χ1v) is 9.50. The molecule has 0 bridgehead atoms. The smallest absolute Gasteiger partial charge is 0.330 e. The lowest BCUT2D eigenvalue weighted by Gasteiger charge is -2.25. The molecular formula is C18H23NO3S. The van der Waals surface area contributed by atoms with E-state index in [1.54, 1.807) is 11.8 Å². The van der Waals surface area contributed by atoms with Gasteiger partial charge in [0.2, 0.25) is 0 Å². The van der Waals surface area contributed by atoms with Crippen molar-refractivity contribution in [3.05, 3.63) is 35.4 Å². The van der Waals surface area contributed by atoms with Crippen LogP contribution in [0.25, 0.3) is 0 Å². The molecule has 0 spiro atoms. The summed E-state index contributed by atoms with van der Waals surface area (Å²) < 4.78 is 0. The number of hydrogen-bond donors (Lipinski definition) is 2. The van der Waals surface area contributed by atoms with Gasteiger partial charge in [-0.15, -0.1) is 0 Å². The van der Waals surface area contributed by atoms with Gasteiger partial charge >= 0.3 is 5.97 Å². The molecule has 23 heavy (non-hydrogen) atoms. The molecule has 2 fully saturated rings. The number of thioether (sulfide) groups is 1. The van der Waals surface area contributed by atoms with Crippen LogP contribution in [-0.4, -0.2) is 34.0 Å². The first kappa shape index (κ1) is 16.4. The molecule has 1 amide bonds. The van der Waals surface area contributed by atoms with Gasteiger partial charge < -0.3 is 10.4 Å². The summed E-state index contributed by atoms with van der Waals surface area (Å²) in [4.78, 5) is 23.9. The van der Waals surface area contributed by atoms with Crippen LogP contribution in [0.15, 0.2) is 24.3 Å². The average Bonchev–Trinajstić information content (AvgIpc) is 3.06. The molecule has 4 nitrogen and oxygen atoms in total. The van der Waals surface area contributed by atoms with Gasteiger partial charge in [-0.2, -0.15) is 11.8 Å². The van der Waals surface area contributed by atoms with Gasteiger partial charge in [-0.1, -0.05) is 31.4 Å². The number of amides is 1. The molecular weight excluding hydrogens is 310 g/mol. The van der Waals surface area contributed by atoms with Gasteiger partial charge in [0.05, 0.1) is 0 Å². The molecule has 5 heteroatoms. The molecule has 0 radical (unpaired) electrons. The second-order valence-corrected chi connectivity index (χ2v) is 7.71. The van der Waals surface area contributed by atoms with E-state index in [4.69, 9.17) is 0 Å². The Labute approximate surface area is 141 Å². The Morgan fingerprint density at radius 2 is 1.83 bits per heavy atom. The molecule has 2 N–H and O–H groups in total. The zero-order valence-corrected chi connectivity index (χ0v) is 14.0. The Hall–Kier alpha value is -1.49. The zero-order valence-electron chi connectivity index (χ0n) is 13.2. The minimum Gasteiger partial charge on any atom is -0.479 e. The summed E-state index contributed by atoms with van der Waals surface area (Å²) in [5.41, 5.74) is 0.733. The van der Waals surface area contributed by atoms with E-state index < -0.39 is 11.5 Å². The molecule has 1 atom stereocenters. The number of benzene rings is 1. The maximum atomic E-state index is 12.4.